The summed E-state index contributed by atoms with van der Waals surface area (Å²) < 4.78 is 1.83. The molecule has 1 saturated heterocycles. The molecule has 0 bridgehead atoms. The van der Waals surface area contributed by atoms with Crippen LogP contribution in [0.15, 0.2) is 18.5 Å². The van der Waals surface area contributed by atoms with Gasteiger partial charge in [0.25, 0.3) is 0 Å². The van der Waals surface area contributed by atoms with E-state index < -0.39 is 0 Å². The van der Waals surface area contributed by atoms with Crippen LogP contribution in [0.2, 0.25) is 0 Å². The summed E-state index contributed by atoms with van der Waals surface area (Å²) in [5.41, 5.74) is 0. The molecule has 1 aromatic heterocycles. The summed E-state index contributed by atoms with van der Waals surface area (Å²) in [4.78, 5) is 11.9. The van der Waals surface area contributed by atoms with Crippen LogP contribution in [0.5, 0.6) is 0 Å². The van der Waals surface area contributed by atoms with Crippen molar-refractivity contribution in [1.29, 1.82) is 0 Å². The number of carbonyl (C=O) groups is 1. The fourth-order valence-electron chi connectivity index (χ4n) is 2.15. The number of hydrogen-bond acceptors (Lipinski definition) is 3. The predicted molar refractivity (Wildman–Crippen MR) is 65.5 cm³/mol. The Balaban J connectivity index is 1.77. The van der Waals surface area contributed by atoms with E-state index in [0.29, 0.717) is 6.54 Å². The smallest absolute Gasteiger partial charge is 0.237 e. The Hall–Kier alpha value is -1.36. The normalized spacial score (nSPS) is 22.1. The monoisotopic (exact) mass is 236 g/mol. The number of carbonyl (C=O) groups excluding carboxylic acids is 1. The largest absolute Gasteiger partial charge is 0.350 e. The van der Waals surface area contributed by atoms with Crippen LogP contribution in [0.3, 0.4) is 0 Å². The average molecular weight is 236 g/mol. The van der Waals surface area contributed by atoms with E-state index in [2.05, 4.69) is 15.7 Å². The van der Waals surface area contributed by atoms with Crippen LogP contribution in [0.4, 0.5) is 0 Å². The van der Waals surface area contributed by atoms with Gasteiger partial charge < -0.3 is 10.6 Å². The van der Waals surface area contributed by atoms with Crippen LogP contribution in [0.1, 0.15) is 26.2 Å². The zero-order valence-electron chi connectivity index (χ0n) is 10.2. The number of amides is 1. The van der Waals surface area contributed by atoms with Gasteiger partial charge in [-0.05, 0) is 32.4 Å². The molecule has 2 unspecified atom stereocenters. The van der Waals surface area contributed by atoms with Crippen LogP contribution in [-0.2, 0) is 11.3 Å². The molecular formula is C12H20N4O. The molecule has 0 saturated carbocycles. The third kappa shape index (κ3) is 3.56. The van der Waals surface area contributed by atoms with Gasteiger partial charge in [-0.1, -0.05) is 6.42 Å². The van der Waals surface area contributed by atoms with E-state index in [9.17, 15) is 4.79 Å². The molecule has 5 heteroatoms. The van der Waals surface area contributed by atoms with Crippen molar-refractivity contribution in [3.8, 4) is 0 Å². The summed E-state index contributed by atoms with van der Waals surface area (Å²) in [6.07, 6.45) is 6.91. The van der Waals surface area contributed by atoms with Crippen LogP contribution < -0.4 is 10.6 Å². The third-order valence-corrected chi connectivity index (χ3v) is 3.04. The van der Waals surface area contributed by atoms with Gasteiger partial charge in [0, 0.05) is 18.4 Å². The molecule has 94 valence electrons. The van der Waals surface area contributed by atoms with Crippen molar-refractivity contribution in [2.45, 2.75) is 44.8 Å². The van der Waals surface area contributed by atoms with Gasteiger partial charge in [0.05, 0.1) is 12.6 Å². The van der Waals surface area contributed by atoms with E-state index in [1.165, 1.54) is 6.42 Å². The summed E-state index contributed by atoms with van der Waals surface area (Å²) in [5.74, 6) is 0.115. The first-order valence-corrected chi connectivity index (χ1v) is 6.27. The maximum Gasteiger partial charge on any atom is 0.237 e. The molecule has 1 fully saturated rings. The quantitative estimate of drug-likeness (QED) is 0.801. The number of nitrogens with one attached hydrogen (secondary N) is 2. The van der Waals surface area contributed by atoms with Gasteiger partial charge in [-0.3, -0.25) is 9.48 Å². The third-order valence-electron chi connectivity index (χ3n) is 3.04. The lowest BCUT2D eigenvalue weighted by Crippen LogP contribution is -2.49. The van der Waals surface area contributed by atoms with Crippen molar-refractivity contribution < 1.29 is 4.79 Å². The second-order valence-corrected chi connectivity index (χ2v) is 4.64. The zero-order chi connectivity index (χ0) is 12.1. The second-order valence-electron chi connectivity index (χ2n) is 4.64. The molecule has 1 aliphatic heterocycles. The van der Waals surface area contributed by atoms with Crippen LogP contribution >= 0.6 is 0 Å². The average Bonchev–Trinajstić information content (AvgIpc) is 2.82. The lowest BCUT2D eigenvalue weighted by molar-refractivity contribution is -0.124. The highest BCUT2D eigenvalue weighted by atomic mass is 16.2. The Kier molecular flexibility index (Phi) is 4.14. The van der Waals surface area contributed by atoms with Gasteiger partial charge in [0.15, 0.2) is 0 Å². The zero-order valence-corrected chi connectivity index (χ0v) is 10.2. The van der Waals surface area contributed by atoms with E-state index in [0.717, 1.165) is 19.4 Å². The van der Waals surface area contributed by atoms with E-state index in [1.54, 1.807) is 6.20 Å². The Morgan fingerprint density at radius 1 is 1.65 bits per heavy atom. The van der Waals surface area contributed by atoms with E-state index >= 15 is 0 Å². The number of piperidine rings is 1. The van der Waals surface area contributed by atoms with Gasteiger partial charge in [-0.15, -0.1) is 0 Å². The molecule has 1 amide bonds. The van der Waals surface area contributed by atoms with E-state index in [1.807, 2.05) is 23.9 Å². The number of hydrogen-bond donors (Lipinski definition) is 2. The van der Waals surface area contributed by atoms with Gasteiger partial charge >= 0.3 is 0 Å². The fraction of sp³-hybridized carbons (Fsp3) is 0.667. The lowest BCUT2D eigenvalue weighted by atomic mass is 10.0. The van der Waals surface area contributed by atoms with Crippen molar-refractivity contribution in [3.05, 3.63) is 18.5 Å². The lowest BCUT2D eigenvalue weighted by Gasteiger charge is -2.24. The summed E-state index contributed by atoms with van der Waals surface area (Å²) in [5, 5.41) is 10.4. The topological polar surface area (TPSA) is 59.0 Å². The molecule has 2 atom stereocenters. The maximum absolute atomic E-state index is 11.9. The van der Waals surface area contributed by atoms with Crippen molar-refractivity contribution >= 4 is 5.91 Å². The van der Waals surface area contributed by atoms with Crippen molar-refractivity contribution in [2.75, 3.05) is 6.54 Å². The minimum Gasteiger partial charge on any atom is -0.350 e. The Morgan fingerprint density at radius 2 is 2.53 bits per heavy atom. The van der Waals surface area contributed by atoms with Crippen molar-refractivity contribution in [2.24, 2.45) is 0 Å². The molecule has 1 aliphatic rings. The number of rotatable bonds is 4. The maximum atomic E-state index is 11.9. The molecule has 5 nitrogen and oxygen atoms in total. The van der Waals surface area contributed by atoms with E-state index in [-0.39, 0.29) is 18.0 Å². The summed E-state index contributed by atoms with van der Waals surface area (Å²) >= 11 is 0. The van der Waals surface area contributed by atoms with Crippen LogP contribution in [0, 0.1) is 0 Å². The molecule has 17 heavy (non-hydrogen) atoms. The van der Waals surface area contributed by atoms with Gasteiger partial charge in [-0.25, -0.2) is 0 Å². The highest BCUT2D eigenvalue weighted by Gasteiger charge is 2.21. The minimum atomic E-state index is -0.0104. The minimum absolute atomic E-state index is 0.0104. The highest BCUT2D eigenvalue weighted by Crippen LogP contribution is 2.07. The molecule has 0 aliphatic carbocycles. The Labute approximate surface area is 102 Å². The SMILES string of the molecule is CC(Cn1cccn1)NC(=O)C1CCCCN1. The van der Waals surface area contributed by atoms with Gasteiger partial charge in [0.1, 0.15) is 0 Å². The van der Waals surface area contributed by atoms with E-state index in [4.69, 9.17) is 0 Å². The van der Waals surface area contributed by atoms with Crippen LogP contribution in [-0.4, -0.2) is 34.3 Å². The molecule has 0 radical (unpaired) electrons. The second kappa shape index (κ2) is 5.82. The predicted octanol–water partition coefficient (Wildman–Crippen LogP) is 0.530. The van der Waals surface area contributed by atoms with Crippen molar-refractivity contribution in [1.82, 2.24) is 20.4 Å². The first kappa shape index (κ1) is 12.1. The molecular weight excluding hydrogens is 216 g/mol. The molecule has 1 aromatic rings. The van der Waals surface area contributed by atoms with Gasteiger partial charge in [-0.2, -0.15) is 5.10 Å². The first-order chi connectivity index (χ1) is 8.25. The summed E-state index contributed by atoms with van der Waals surface area (Å²) in [6, 6.07) is 1.98. The molecule has 0 aromatic carbocycles. The summed E-state index contributed by atoms with van der Waals surface area (Å²) in [7, 11) is 0. The van der Waals surface area contributed by atoms with Crippen molar-refractivity contribution in [3.63, 3.8) is 0 Å². The highest BCUT2D eigenvalue weighted by molar-refractivity contribution is 5.82. The molecule has 0 spiro atoms. The molecule has 2 rings (SSSR count). The number of nitrogens with zero attached hydrogens (tertiary/aromatic N) is 2. The molecule has 2 heterocycles. The number of aromatic nitrogens is 2. The molecule has 2 N–H and O–H groups in total. The van der Waals surface area contributed by atoms with Crippen LogP contribution in [0.25, 0.3) is 0 Å². The summed E-state index contributed by atoms with van der Waals surface area (Å²) in [6.45, 7) is 3.67. The standard InChI is InChI=1S/C12H20N4O/c1-10(9-16-8-4-7-14-16)15-12(17)11-5-2-3-6-13-11/h4,7-8,10-11,13H,2-3,5-6,9H2,1H3,(H,15,17). The first-order valence-electron chi connectivity index (χ1n) is 6.27. The van der Waals surface area contributed by atoms with Gasteiger partial charge in [0.2, 0.25) is 5.91 Å². The fourth-order valence-corrected chi connectivity index (χ4v) is 2.15. The Bertz CT molecular complexity index is 343. The Morgan fingerprint density at radius 3 is 3.18 bits per heavy atom.